The van der Waals surface area contributed by atoms with E-state index in [1.165, 1.54) is 0 Å². The van der Waals surface area contributed by atoms with E-state index in [9.17, 15) is 0 Å². The Morgan fingerprint density at radius 3 is 2.61 bits per heavy atom. The molecule has 0 atom stereocenters. The first-order chi connectivity index (χ1) is 11.2. The van der Waals surface area contributed by atoms with Crippen molar-refractivity contribution in [3.05, 3.63) is 65.9 Å². The first-order valence-electron chi connectivity index (χ1n) is 7.56. The van der Waals surface area contributed by atoms with Crippen molar-refractivity contribution in [1.29, 1.82) is 0 Å². The molecule has 0 radical (unpaired) electrons. The summed E-state index contributed by atoms with van der Waals surface area (Å²) in [6, 6.07) is 16.4. The van der Waals surface area contributed by atoms with Crippen LogP contribution in [0.4, 0.5) is 5.69 Å². The number of pyridine rings is 1. The van der Waals surface area contributed by atoms with E-state index in [2.05, 4.69) is 41.4 Å². The zero-order valence-corrected chi connectivity index (χ0v) is 13.7. The van der Waals surface area contributed by atoms with Crippen LogP contribution in [0.25, 0.3) is 23.1 Å². The van der Waals surface area contributed by atoms with E-state index in [1.807, 2.05) is 49.5 Å². The van der Waals surface area contributed by atoms with Gasteiger partial charge in [-0.1, -0.05) is 36.4 Å². The van der Waals surface area contributed by atoms with Gasteiger partial charge in [0.15, 0.2) is 0 Å². The molecule has 0 amide bonds. The summed E-state index contributed by atoms with van der Waals surface area (Å²) in [5.74, 6) is 0.872. The maximum Gasteiger partial charge on any atom is 0.142 e. The van der Waals surface area contributed by atoms with E-state index >= 15 is 0 Å². The van der Waals surface area contributed by atoms with Crippen molar-refractivity contribution in [2.45, 2.75) is 0 Å². The molecule has 0 aliphatic rings. The Labute approximate surface area is 136 Å². The molecule has 0 bridgehead atoms. The molecule has 0 aliphatic carbocycles. The average molecular weight is 304 g/mol. The molecule has 3 nitrogen and oxygen atoms in total. The molecule has 1 aromatic heterocycles. The van der Waals surface area contributed by atoms with Crippen LogP contribution in [0.5, 0.6) is 5.75 Å². The van der Waals surface area contributed by atoms with Crippen molar-refractivity contribution in [2.24, 2.45) is 0 Å². The van der Waals surface area contributed by atoms with E-state index in [0.717, 1.165) is 33.5 Å². The van der Waals surface area contributed by atoms with E-state index in [1.54, 1.807) is 7.11 Å². The zero-order valence-electron chi connectivity index (χ0n) is 13.7. The molecule has 2 aromatic carbocycles. The highest BCUT2D eigenvalue weighted by Crippen LogP contribution is 2.28. The Balaban J connectivity index is 1.96. The van der Waals surface area contributed by atoms with Crippen LogP contribution >= 0.6 is 0 Å². The molecule has 3 rings (SSSR count). The van der Waals surface area contributed by atoms with Gasteiger partial charge < -0.3 is 9.64 Å². The summed E-state index contributed by atoms with van der Waals surface area (Å²) in [5.41, 5.74) is 4.34. The van der Waals surface area contributed by atoms with Gasteiger partial charge >= 0.3 is 0 Å². The fraction of sp³-hybridized carbons (Fsp3) is 0.150. The number of aromatic nitrogens is 1. The standard InChI is InChI=1S/C20H20N2O/c1-22(2)19-11-9-15(14-20(19)23-3)8-10-16-12-13-21-18-7-5-4-6-17(16)18/h4-14H,1-3H3. The Hall–Kier alpha value is -2.81. The Morgan fingerprint density at radius 1 is 1.00 bits per heavy atom. The van der Waals surface area contributed by atoms with Crippen molar-refractivity contribution in [2.75, 3.05) is 26.1 Å². The Bertz CT molecular complexity index is 848. The van der Waals surface area contributed by atoms with Crippen molar-refractivity contribution in [3.63, 3.8) is 0 Å². The fourth-order valence-electron chi connectivity index (χ4n) is 2.62. The van der Waals surface area contributed by atoms with Crippen molar-refractivity contribution in [3.8, 4) is 5.75 Å². The average Bonchev–Trinajstić information content (AvgIpc) is 2.59. The quantitative estimate of drug-likeness (QED) is 0.710. The van der Waals surface area contributed by atoms with Crippen LogP contribution in [0.15, 0.2) is 54.7 Å². The monoisotopic (exact) mass is 304 g/mol. The van der Waals surface area contributed by atoms with Crippen molar-refractivity contribution >= 4 is 28.7 Å². The maximum absolute atomic E-state index is 5.48. The zero-order chi connectivity index (χ0) is 16.2. The first kappa shape index (κ1) is 15.1. The molecular formula is C20H20N2O. The minimum Gasteiger partial charge on any atom is -0.495 e. The number of hydrogen-bond donors (Lipinski definition) is 0. The van der Waals surface area contributed by atoms with Gasteiger partial charge in [-0.3, -0.25) is 4.98 Å². The third-order valence-corrected chi connectivity index (χ3v) is 3.82. The lowest BCUT2D eigenvalue weighted by molar-refractivity contribution is 0.415. The molecule has 0 saturated carbocycles. The number of methoxy groups -OCH3 is 1. The lowest BCUT2D eigenvalue weighted by Crippen LogP contribution is -2.09. The lowest BCUT2D eigenvalue weighted by atomic mass is 10.1. The predicted molar refractivity (Wildman–Crippen MR) is 98.0 cm³/mol. The van der Waals surface area contributed by atoms with Crippen LogP contribution in [0, 0.1) is 0 Å². The number of benzene rings is 2. The second-order valence-corrected chi connectivity index (χ2v) is 5.58. The highest BCUT2D eigenvalue weighted by molar-refractivity contribution is 5.90. The summed E-state index contributed by atoms with van der Waals surface area (Å²) in [6.07, 6.45) is 6.07. The third kappa shape index (κ3) is 3.19. The first-order valence-corrected chi connectivity index (χ1v) is 7.56. The van der Waals surface area contributed by atoms with Gasteiger partial charge in [0.25, 0.3) is 0 Å². The van der Waals surface area contributed by atoms with Crippen molar-refractivity contribution in [1.82, 2.24) is 4.98 Å². The van der Waals surface area contributed by atoms with E-state index in [-0.39, 0.29) is 0 Å². The summed E-state index contributed by atoms with van der Waals surface area (Å²) >= 11 is 0. The van der Waals surface area contributed by atoms with Gasteiger partial charge in [0, 0.05) is 25.7 Å². The fourth-order valence-corrected chi connectivity index (χ4v) is 2.62. The van der Waals surface area contributed by atoms with Gasteiger partial charge in [0.05, 0.1) is 18.3 Å². The summed E-state index contributed by atoms with van der Waals surface area (Å²) in [7, 11) is 5.72. The summed E-state index contributed by atoms with van der Waals surface area (Å²) in [6.45, 7) is 0. The number of rotatable bonds is 4. The normalized spacial score (nSPS) is 11.1. The molecule has 3 heteroatoms. The number of ether oxygens (including phenoxy) is 1. The maximum atomic E-state index is 5.48. The molecule has 1 heterocycles. The Morgan fingerprint density at radius 2 is 1.83 bits per heavy atom. The topological polar surface area (TPSA) is 25.4 Å². The van der Waals surface area contributed by atoms with Crippen LogP contribution < -0.4 is 9.64 Å². The second kappa shape index (κ2) is 6.53. The molecule has 23 heavy (non-hydrogen) atoms. The van der Waals surface area contributed by atoms with Gasteiger partial charge in [0.2, 0.25) is 0 Å². The summed E-state index contributed by atoms with van der Waals surface area (Å²) in [5, 5.41) is 1.16. The molecule has 116 valence electrons. The van der Waals surface area contributed by atoms with Gasteiger partial charge in [-0.2, -0.15) is 0 Å². The van der Waals surface area contributed by atoms with E-state index < -0.39 is 0 Å². The van der Waals surface area contributed by atoms with Crippen LogP contribution in [0.3, 0.4) is 0 Å². The Kier molecular flexibility index (Phi) is 4.29. The lowest BCUT2D eigenvalue weighted by Gasteiger charge is -2.16. The van der Waals surface area contributed by atoms with Gasteiger partial charge in [-0.15, -0.1) is 0 Å². The highest BCUT2D eigenvalue weighted by atomic mass is 16.5. The minimum atomic E-state index is 0.872. The smallest absolute Gasteiger partial charge is 0.142 e. The number of fused-ring (bicyclic) bond motifs is 1. The largest absolute Gasteiger partial charge is 0.495 e. The molecule has 0 N–H and O–H groups in total. The molecular weight excluding hydrogens is 284 g/mol. The minimum absolute atomic E-state index is 0.872. The third-order valence-electron chi connectivity index (χ3n) is 3.82. The molecule has 0 spiro atoms. The summed E-state index contributed by atoms with van der Waals surface area (Å²) in [4.78, 5) is 6.44. The number of nitrogens with zero attached hydrogens (tertiary/aromatic N) is 2. The molecule has 0 unspecified atom stereocenters. The highest BCUT2D eigenvalue weighted by Gasteiger charge is 2.05. The van der Waals surface area contributed by atoms with Crippen LogP contribution in [-0.4, -0.2) is 26.2 Å². The molecule has 0 fully saturated rings. The van der Waals surface area contributed by atoms with Crippen LogP contribution in [0.2, 0.25) is 0 Å². The number of hydrogen-bond acceptors (Lipinski definition) is 3. The van der Waals surface area contributed by atoms with E-state index in [0.29, 0.717) is 0 Å². The summed E-state index contributed by atoms with van der Waals surface area (Å²) < 4.78 is 5.48. The van der Waals surface area contributed by atoms with Gasteiger partial charge in [-0.05, 0) is 35.4 Å². The van der Waals surface area contributed by atoms with Crippen LogP contribution in [-0.2, 0) is 0 Å². The SMILES string of the molecule is COc1cc(C=Cc2ccnc3ccccc23)ccc1N(C)C. The van der Waals surface area contributed by atoms with Crippen LogP contribution in [0.1, 0.15) is 11.1 Å². The number of anilines is 1. The van der Waals surface area contributed by atoms with Crippen molar-refractivity contribution < 1.29 is 4.74 Å². The number of para-hydroxylation sites is 1. The molecule has 0 saturated heterocycles. The molecule has 0 aliphatic heterocycles. The second-order valence-electron chi connectivity index (χ2n) is 5.58. The predicted octanol–water partition coefficient (Wildman–Crippen LogP) is 4.48. The van der Waals surface area contributed by atoms with Gasteiger partial charge in [0.1, 0.15) is 5.75 Å². The molecule has 3 aromatic rings. The van der Waals surface area contributed by atoms with E-state index in [4.69, 9.17) is 4.74 Å². The van der Waals surface area contributed by atoms with Gasteiger partial charge in [-0.25, -0.2) is 0 Å².